The molecule has 2 unspecified atom stereocenters. The van der Waals surface area contributed by atoms with Crippen molar-refractivity contribution in [3.63, 3.8) is 0 Å². The Morgan fingerprint density at radius 3 is 2.55 bits per heavy atom. The fourth-order valence-electron chi connectivity index (χ4n) is 2.82. The molecule has 2 heteroatoms. The summed E-state index contributed by atoms with van der Waals surface area (Å²) in [5.74, 6) is 0.641. The monoisotopic (exact) mass is 279 g/mol. The summed E-state index contributed by atoms with van der Waals surface area (Å²) < 4.78 is 14.3. The molecule has 0 heterocycles. The highest BCUT2D eigenvalue weighted by Crippen LogP contribution is 2.29. The second kappa shape index (κ2) is 9.12. The van der Waals surface area contributed by atoms with E-state index in [1.807, 2.05) is 25.1 Å². The van der Waals surface area contributed by atoms with E-state index in [9.17, 15) is 4.39 Å². The number of hydrogen-bond acceptors (Lipinski definition) is 1. The van der Waals surface area contributed by atoms with Gasteiger partial charge in [-0.25, -0.2) is 4.39 Å². The third-order valence-electron chi connectivity index (χ3n) is 4.16. The van der Waals surface area contributed by atoms with E-state index < -0.39 is 0 Å². The van der Waals surface area contributed by atoms with Gasteiger partial charge in [0.1, 0.15) is 5.82 Å². The quantitative estimate of drug-likeness (QED) is 0.639. The standard InChI is InChI=1S/C18H30FN/c1-5-8-11-15(6-2)13-17(20-7-3)16-12-9-10-14(4)18(16)19/h9-10,12,15,17,20H,5-8,11,13H2,1-4H3. The number of benzene rings is 1. The van der Waals surface area contributed by atoms with E-state index in [1.165, 1.54) is 25.7 Å². The lowest BCUT2D eigenvalue weighted by atomic mass is 9.88. The van der Waals surface area contributed by atoms with Gasteiger partial charge in [-0.1, -0.05) is 64.7 Å². The lowest BCUT2D eigenvalue weighted by Crippen LogP contribution is -2.24. The van der Waals surface area contributed by atoms with Crippen LogP contribution >= 0.6 is 0 Å². The van der Waals surface area contributed by atoms with E-state index in [0.29, 0.717) is 5.92 Å². The predicted molar refractivity (Wildman–Crippen MR) is 85.5 cm³/mol. The molecule has 1 nitrogen and oxygen atoms in total. The summed E-state index contributed by atoms with van der Waals surface area (Å²) in [5.41, 5.74) is 1.58. The van der Waals surface area contributed by atoms with Crippen LogP contribution in [-0.4, -0.2) is 6.54 Å². The number of nitrogens with one attached hydrogen (secondary N) is 1. The van der Waals surface area contributed by atoms with Gasteiger partial charge in [0.15, 0.2) is 0 Å². The average Bonchev–Trinajstić information content (AvgIpc) is 2.45. The average molecular weight is 279 g/mol. The Morgan fingerprint density at radius 2 is 1.95 bits per heavy atom. The first-order valence-corrected chi connectivity index (χ1v) is 8.12. The molecule has 114 valence electrons. The van der Waals surface area contributed by atoms with Crippen LogP contribution in [0.5, 0.6) is 0 Å². The number of aryl methyl sites for hydroxylation is 1. The minimum atomic E-state index is -0.0382. The van der Waals surface area contributed by atoms with Crippen LogP contribution in [0.1, 0.15) is 70.0 Å². The second-order valence-electron chi connectivity index (χ2n) is 5.74. The third kappa shape index (κ3) is 4.90. The molecule has 1 aromatic carbocycles. The van der Waals surface area contributed by atoms with Crippen molar-refractivity contribution in [1.29, 1.82) is 0 Å². The van der Waals surface area contributed by atoms with Gasteiger partial charge in [0, 0.05) is 11.6 Å². The van der Waals surface area contributed by atoms with E-state index >= 15 is 0 Å². The van der Waals surface area contributed by atoms with Gasteiger partial charge < -0.3 is 5.32 Å². The lowest BCUT2D eigenvalue weighted by molar-refractivity contribution is 0.351. The van der Waals surface area contributed by atoms with Crippen molar-refractivity contribution < 1.29 is 4.39 Å². The van der Waals surface area contributed by atoms with Crippen LogP contribution in [0.3, 0.4) is 0 Å². The highest BCUT2D eigenvalue weighted by atomic mass is 19.1. The maximum absolute atomic E-state index is 14.3. The topological polar surface area (TPSA) is 12.0 Å². The van der Waals surface area contributed by atoms with Crippen LogP contribution in [0.4, 0.5) is 4.39 Å². The summed E-state index contributed by atoms with van der Waals surface area (Å²) in [6.45, 7) is 9.29. The van der Waals surface area contributed by atoms with Gasteiger partial charge in [0.2, 0.25) is 0 Å². The molecular weight excluding hydrogens is 249 g/mol. The SMILES string of the molecule is CCCCC(CC)CC(NCC)c1cccc(C)c1F. The molecule has 0 radical (unpaired) electrons. The molecular formula is C18H30FN. The molecule has 0 fully saturated rings. The summed E-state index contributed by atoms with van der Waals surface area (Å²) in [6, 6.07) is 5.88. The van der Waals surface area contributed by atoms with Gasteiger partial charge in [0.25, 0.3) is 0 Å². The normalized spacial score (nSPS) is 14.2. The first kappa shape index (κ1) is 17.2. The number of halogens is 1. The maximum Gasteiger partial charge on any atom is 0.130 e. The lowest BCUT2D eigenvalue weighted by Gasteiger charge is -2.24. The van der Waals surface area contributed by atoms with Gasteiger partial charge in [0.05, 0.1) is 0 Å². The fraction of sp³-hybridized carbons (Fsp3) is 0.667. The molecule has 0 aliphatic heterocycles. The molecule has 0 amide bonds. The maximum atomic E-state index is 14.3. The van der Waals surface area contributed by atoms with E-state index in [1.54, 1.807) is 0 Å². The van der Waals surface area contributed by atoms with Crippen molar-refractivity contribution in [2.24, 2.45) is 5.92 Å². The summed E-state index contributed by atoms with van der Waals surface area (Å²) in [5, 5.41) is 3.47. The zero-order valence-corrected chi connectivity index (χ0v) is 13.5. The molecule has 1 aromatic rings. The zero-order chi connectivity index (χ0) is 15.0. The van der Waals surface area contributed by atoms with E-state index in [-0.39, 0.29) is 11.9 Å². The second-order valence-corrected chi connectivity index (χ2v) is 5.74. The summed E-state index contributed by atoms with van der Waals surface area (Å²) in [7, 11) is 0. The van der Waals surface area contributed by atoms with Crippen molar-refractivity contribution in [3.8, 4) is 0 Å². The van der Waals surface area contributed by atoms with Crippen LogP contribution in [0.2, 0.25) is 0 Å². The third-order valence-corrected chi connectivity index (χ3v) is 4.16. The first-order chi connectivity index (χ1) is 9.63. The van der Waals surface area contributed by atoms with Crippen LogP contribution in [0.15, 0.2) is 18.2 Å². The van der Waals surface area contributed by atoms with E-state index in [2.05, 4.69) is 26.1 Å². The van der Waals surface area contributed by atoms with E-state index in [0.717, 1.165) is 24.1 Å². The van der Waals surface area contributed by atoms with Crippen LogP contribution in [0.25, 0.3) is 0 Å². The van der Waals surface area contributed by atoms with E-state index in [4.69, 9.17) is 0 Å². The Labute approximate surface area is 124 Å². The Balaban J connectivity index is 2.84. The van der Waals surface area contributed by atoms with Gasteiger partial charge in [-0.15, -0.1) is 0 Å². The number of rotatable bonds is 9. The Hall–Kier alpha value is -0.890. The minimum absolute atomic E-state index is 0.0382. The zero-order valence-electron chi connectivity index (χ0n) is 13.5. The molecule has 0 spiro atoms. The molecule has 1 N–H and O–H groups in total. The summed E-state index contributed by atoms with van der Waals surface area (Å²) in [6.07, 6.45) is 5.97. The summed E-state index contributed by atoms with van der Waals surface area (Å²) in [4.78, 5) is 0. The van der Waals surface area contributed by atoms with Gasteiger partial charge in [-0.3, -0.25) is 0 Å². The molecule has 0 saturated heterocycles. The number of hydrogen-bond donors (Lipinski definition) is 1. The Bertz CT molecular complexity index is 389. The predicted octanol–water partition coefficient (Wildman–Crippen LogP) is 5.39. The van der Waals surface area contributed by atoms with Gasteiger partial charge in [-0.2, -0.15) is 0 Å². The molecule has 0 saturated carbocycles. The largest absolute Gasteiger partial charge is 0.310 e. The van der Waals surface area contributed by atoms with Gasteiger partial charge >= 0.3 is 0 Å². The fourth-order valence-corrected chi connectivity index (χ4v) is 2.82. The smallest absolute Gasteiger partial charge is 0.130 e. The van der Waals surface area contributed by atoms with Crippen LogP contribution in [0, 0.1) is 18.7 Å². The first-order valence-electron chi connectivity index (χ1n) is 8.12. The van der Waals surface area contributed by atoms with Crippen molar-refractivity contribution in [1.82, 2.24) is 5.32 Å². The van der Waals surface area contributed by atoms with Crippen molar-refractivity contribution in [2.75, 3.05) is 6.54 Å². The Kier molecular flexibility index (Phi) is 7.83. The molecule has 0 aromatic heterocycles. The van der Waals surface area contributed by atoms with Crippen LogP contribution < -0.4 is 5.32 Å². The van der Waals surface area contributed by atoms with Crippen LogP contribution in [-0.2, 0) is 0 Å². The Morgan fingerprint density at radius 1 is 1.20 bits per heavy atom. The molecule has 0 aliphatic carbocycles. The van der Waals surface area contributed by atoms with Crippen molar-refractivity contribution >= 4 is 0 Å². The highest BCUT2D eigenvalue weighted by Gasteiger charge is 2.19. The molecule has 20 heavy (non-hydrogen) atoms. The number of unbranched alkanes of at least 4 members (excludes halogenated alkanes) is 1. The van der Waals surface area contributed by atoms with Crippen molar-refractivity contribution in [2.45, 2.75) is 65.8 Å². The molecule has 0 aliphatic rings. The molecule has 1 rings (SSSR count). The van der Waals surface area contributed by atoms with Crippen molar-refractivity contribution in [3.05, 3.63) is 35.1 Å². The summed E-state index contributed by atoms with van der Waals surface area (Å²) >= 11 is 0. The highest BCUT2D eigenvalue weighted by molar-refractivity contribution is 5.27. The molecule has 0 bridgehead atoms. The van der Waals surface area contributed by atoms with Gasteiger partial charge in [-0.05, 0) is 31.4 Å². The minimum Gasteiger partial charge on any atom is -0.310 e. The molecule has 2 atom stereocenters.